The average molecular weight is 231 g/mol. The standard InChI is InChI=1S/C12H13N3O2/c1-15-7-11(14-8-15)12(17)13-6-9-2-4-10(16)5-3-9/h2-5,7-8,16H,6H2,1H3,(H,13,17). The number of carbonyl (C=O) groups is 1. The average Bonchev–Trinajstić information content (AvgIpc) is 2.75. The fourth-order valence-electron chi connectivity index (χ4n) is 1.42. The van der Waals surface area contributed by atoms with Gasteiger partial charge in [-0.15, -0.1) is 0 Å². The number of phenolic OH excluding ortho intramolecular Hbond substituents is 1. The highest BCUT2D eigenvalue weighted by molar-refractivity contribution is 5.91. The van der Waals surface area contributed by atoms with Crippen molar-refractivity contribution >= 4 is 5.91 Å². The third kappa shape index (κ3) is 2.84. The maximum Gasteiger partial charge on any atom is 0.271 e. The Morgan fingerprint density at radius 1 is 1.41 bits per heavy atom. The molecule has 0 atom stereocenters. The number of imidazole rings is 1. The molecular formula is C12H13N3O2. The summed E-state index contributed by atoms with van der Waals surface area (Å²) in [4.78, 5) is 15.6. The molecule has 0 radical (unpaired) electrons. The molecular weight excluding hydrogens is 218 g/mol. The van der Waals surface area contributed by atoms with E-state index >= 15 is 0 Å². The lowest BCUT2D eigenvalue weighted by Crippen LogP contribution is -2.23. The summed E-state index contributed by atoms with van der Waals surface area (Å²) in [5.41, 5.74) is 1.32. The van der Waals surface area contributed by atoms with E-state index in [1.165, 1.54) is 0 Å². The highest BCUT2D eigenvalue weighted by Gasteiger charge is 2.07. The quantitative estimate of drug-likeness (QED) is 0.829. The molecule has 0 unspecified atom stereocenters. The van der Waals surface area contributed by atoms with Crippen molar-refractivity contribution in [2.45, 2.75) is 6.54 Å². The first-order valence-electron chi connectivity index (χ1n) is 5.19. The monoisotopic (exact) mass is 231 g/mol. The van der Waals surface area contributed by atoms with E-state index in [9.17, 15) is 4.79 Å². The molecule has 88 valence electrons. The zero-order valence-electron chi connectivity index (χ0n) is 9.42. The first kappa shape index (κ1) is 11.2. The molecule has 0 aliphatic rings. The van der Waals surface area contributed by atoms with Crippen molar-refractivity contribution in [1.29, 1.82) is 0 Å². The first-order chi connectivity index (χ1) is 8.15. The van der Waals surface area contributed by atoms with Gasteiger partial charge in [-0.1, -0.05) is 12.1 Å². The van der Waals surface area contributed by atoms with Crippen molar-refractivity contribution in [2.75, 3.05) is 0 Å². The van der Waals surface area contributed by atoms with Crippen LogP contribution < -0.4 is 5.32 Å². The van der Waals surface area contributed by atoms with Gasteiger partial charge in [-0.25, -0.2) is 4.98 Å². The largest absolute Gasteiger partial charge is 0.508 e. The summed E-state index contributed by atoms with van der Waals surface area (Å²) in [6.07, 6.45) is 3.24. The minimum Gasteiger partial charge on any atom is -0.508 e. The molecule has 1 amide bonds. The maximum atomic E-state index is 11.7. The fraction of sp³-hybridized carbons (Fsp3) is 0.167. The van der Waals surface area contributed by atoms with Gasteiger partial charge in [-0.3, -0.25) is 4.79 Å². The van der Waals surface area contributed by atoms with Gasteiger partial charge in [0.05, 0.1) is 6.33 Å². The van der Waals surface area contributed by atoms with Crippen molar-refractivity contribution < 1.29 is 9.90 Å². The Hall–Kier alpha value is -2.30. The van der Waals surface area contributed by atoms with Crippen LogP contribution in [0, 0.1) is 0 Å². The number of rotatable bonds is 3. The lowest BCUT2D eigenvalue weighted by atomic mass is 10.2. The molecule has 0 fully saturated rings. The number of nitrogens with zero attached hydrogens (tertiary/aromatic N) is 2. The maximum absolute atomic E-state index is 11.7. The summed E-state index contributed by atoms with van der Waals surface area (Å²) < 4.78 is 1.72. The third-order valence-corrected chi connectivity index (χ3v) is 2.33. The van der Waals surface area contributed by atoms with Crippen LogP contribution >= 0.6 is 0 Å². The molecule has 2 aromatic rings. The highest BCUT2D eigenvalue weighted by Crippen LogP contribution is 2.09. The Labute approximate surface area is 98.7 Å². The number of hydrogen-bond donors (Lipinski definition) is 2. The van der Waals surface area contributed by atoms with Crippen molar-refractivity contribution in [2.24, 2.45) is 7.05 Å². The Balaban J connectivity index is 1.94. The van der Waals surface area contributed by atoms with Gasteiger partial charge in [-0.05, 0) is 17.7 Å². The second-order valence-corrected chi connectivity index (χ2v) is 3.77. The van der Waals surface area contributed by atoms with E-state index in [0.29, 0.717) is 12.2 Å². The van der Waals surface area contributed by atoms with Crippen molar-refractivity contribution in [3.8, 4) is 5.75 Å². The number of aromatic nitrogens is 2. The van der Waals surface area contributed by atoms with Crippen LogP contribution in [-0.4, -0.2) is 20.6 Å². The van der Waals surface area contributed by atoms with Gasteiger partial charge < -0.3 is 15.0 Å². The zero-order chi connectivity index (χ0) is 12.3. The summed E-state index contributed by atoms with van der Waals surface area (Å²) in [5.74, 6) is 0.00322. The molecule has 17 heavy (non-hydrogen) atoms. The van der Waals surface area contributed by atoms with E-state index in [0.717, 1.165) is 5.56 Å². The van der Waals surface area contributed by atoms with E-state index in [1.54, 1.807) is 41.4 Å². The van der Waals surface area contributed by atoms with E-state index < -0.39 is 0 Å². The second kappa shape index (κ2) is 4.69. The molecule has 1 aromatic carbocycles. The molecule has 1 aromatic heterocycles. The van der Waals surface area contributed by atoms with E-state index in [-0.39, 0.29) is 11.7 Å². The van der Waals surface area contributed by atoms with Crippen molar-refractivity contribution in [3.63, 3.8) is 0 Å². The van der Waals surface area contributed by atoms with Gasteiger partial charge in [0, 0.05) is 19.8 Å². The van der Waals surface area contributed by atoms with Gasteiger partial charge in [0.2, 0.25) is 0 Å². The van der Waals surface area contributed by atoms with E-state index in [4.69, 9.17) is 5.11 Å². The van der Waals surface area contributed by atoms with Crippen molar-refractivity contribution in [3.05, 3.63) is 48.0 Å². The van der Waals surface area contributed by atoms with Crippen LogP contribution in [0.1, 0.15) is 16.1 Å². The van der Waals surface area contributed by atoms with Crippen LogP contribution in [0.15, 0.2) is 36.8 Å². The lowest BCUT2D eigenvalue weighted by molar-refractivity contribution is 0.0946. The normalized spacial score (nSPS) is 10.2. The van der Waals surface area contributed by atoms with Gasteiger partial charge in [0.25, 0.3) is 5.91 Å². The highest BCUT2D eigenvalue weighted by atomic mass is 16.3. The molecule has 0 saturated carbocycles. The van der Waals surface area contributed by atoms with Crippen molar-refractivity contribution in [1.82, 2.24) is 14.9 Å². The van der Waals surface area contributed by atoms with Crippen LogP contribution in [-0.2, 0) is 13.6 Å². The number of carbonyl (C=O) groups excluding carboxylic acids is 1. The Morgan fingerprint density at radius 2 is 2.12 bits per heavy atom. The predicted octanol–water partition coefficient (Wildman–Crippen LogP) is 1.06. The van der Waals surface area contributed by atoms with Gasteiger partial charge in [0.15, 0.2) is 0 Å². The summed E-state index contributed by atoms with van der Waals surface area (Å²) in [6.45, 7) is 0.412. The van der Waals surface area contributed by atoms with Gasteiger partial charge in [0.1, 0.15) is 11.4 Å². The van der Waals surface area contributed by atoms with Crippen LogP contribution in [0.5, 0.6) is 5.75 Å². The molecule has 5 nitrogen and oxygen atoms in total. The second-order valence-electron chi connectivity index (χ2n) is 3.77. The van der Waals surface area contributed by atoms with Gasteiger partial charge >= 0.3 is 0 Å². The van der Waals surface area contributed by atoms with Crippen LogP contribution in [0.4, 0.5) is 0 Å². The molecule has 5 heteroatoms. The van der Waals surface area contributed by atoms with Crippen LogP contribution in [0.25, 0.3) is 0 Å². The van der Waals surface area contributed by atoms with Crippen LogP contribution in [0.3, 0.4) is 0 Å². The number of nitrogens with one attached hydrogen (secondary N) is 1. The zero-order valence-corrected chi connectivity index (χ0v) is 9.42. The Bertz CT molecular complexity index is 517. The molecule has 2 N–H and O–H groups in total. The molecule has 2 rings (SSSR count). The summed E-state index contributed by atoms with van der Waals surface area (Å²) >= 11 is 0. The number of aryl methyl sites for hydroxylation is 1. The molecule has 0 saturated heterocycles. The molecule has 0 bridgehead atoms. The Morgan fingerprint density at radius 3 is 2.71 bits per heavy atom. The van der Waals surface area contributed by atoms with E-state index in [2.05, 4.69) is 10.3 Å². The lowest BCUT2D eigenvalue weighted by Gasteiger charge is -2.03. The number of aromatic hydroxyl groups is 1. The van der Waals surface area contributed by atoms with Gasteiger partial charge in [-0.2, -0.15) is 0 Å². The number of benzene rings is 1. The van der Waals surface area contributed by atoms with E-state index in [1.807, 2.05) is 7.05 Å². The molecule has 0 aliphatic carbocycles. The minimum absolute atomic E-state index is 0.210. The summed E-state index contributed by atoms with van der Waals surface area (Å²) in [5, 5.41) is 11.9. The minimum atomic E-state index is -0.210. The smallest absolute Gasteiger partial charge is 0.271 e. The Kier molecular flexibility index (Phi) is 3.09. The number of amides is 1. The van der Waals surface area contributed by atoms with Crippen LogP contribution in [0.2, 0.25) is 0 Å². The molecule has 0 spiro atoms. The summed E-state index contributed by atoms with van der Waals surface area (Å²) in [7, 11) is 1.81. The molecule has 0 aliphatic heterocycles. The topological polar surface area (TPSA) is 67.2 Å². The fourth-order valence-corrected chi connectivity index (χ4v) is 1.42. The third-order valence-electron chi connectivity index (χ3n) is 2.33. The molecule has 1 heterocycles. The SMILES string of the molecule is Cn1cnc(C(=O)NCc2ccc(O)cc2)c1. The number of hydrogen-bond acceptors (Lipinski definition) is 3. The number of phenols is 1. The summed E-state index contributed by atoms with van der Waals surface area (Å²) in [6, 6.07) is 6.69. The first-order valence-corrected chi connectivity index (χ1v) is 5.19. The predicted molar refractivity (Wildman–Crippen MR) is 62.5 cm³/mol.